The highest BCUT2D eigenvalue weighted by atomic mass is 35.5. The molecule has 3 aromatic rings. The Kier molecular flexibility index (Phi) is 5.11. The topological polar surface area (TPSA) is 49.8 Å². The van der Waals surface area contributed by atoms with Gasteiger partial charge in [0, 0.05) is 16.1 Å². The van der Waals surface area contributed by atoms with Gasteiger partial charge in [-0.05, 0) is 35.4 Å². The van der Waals surface area contributed by atoms with E-state index in [1.54, 1.807) is 12.1 Å². The second kappa shape index (κ2) is 7.72. The minimum atomic E-state index is -1.02. The molecule has 1 aliphatic heterocycles. The number of ether oxygens (including phenoxy) is 1. The molecule has 1 N–H and O–H groups in total. The van der Waals surface area contributed by atoms with E-state index in [0.29, 0.717) is 16.1 Å². The molecule has 0 aliphatic carbocycles. The zero-order valence-corrected chi connectivity index (χ0v) is 15.9. The number of fused-ring (bicyclic) bond motifs is 1. The van der Waals surface area contributed by atoms with Gasteiger partial charge < -0.3 is 9.84 Å². The van der Waals surface area contributed by atoms with Crippen molar-refractivity contribution in [2.45, 2.75) is 19.2 Å². The third kappa shape index (κ3) is 3.63. The Hall–Kier alpha value is -3.12. The van der Waals surface area contributed by atoms with Gasteiger partial charge in [-0.1, -0.05) is 48.0 Å². The van der Waals surface area contributed by atoms with Gasteiger partial charge in [0.2, 0.25) is 0 Å². The van der Waals surface area contributed by atoms with Crippen LogP contribution in [-0.4, -0.2) is 16.1 Å². The van der Waals surface area contributed by atoms with Crippen LogP contribution in [-0.2, 0) is 17.9 Å². The van der Waals surface area contributed by atoms with E-state index in [1.807, 2.05) is 18.2 Å². The fourth-order valence-electron chi connectivity index (χ4n) is 3.51. The van der Waals surface area contributed by atoms with Crippen molar-refractivity contribution in [3.63, 3.8) is 0 Å². The Balaban J connectivity index is 1.71. The predicted molar refractivity (Wildman–Crippen MR) is 103 cm³/mol. The normalized spacial score (nSPS) is 15.3. The number of halogens is 3. The average molecular weight is 416 g/mol. The van der Waals surface area contributed by atoms with Gasteiger partial charge in [-0.15, -0.1) is 0 Å². The summed E-state index contributed by atoms with van der Waals surface area (Å²) in [6, 6.07) is 15.0. The van der Waals surface area contributed by atoms with E-state index < -0.39 is 23.8 Å². The molecule has 29 heavy (non-hydrogen) atoms. The number of hydrogen-bond donors (Lipinski definition) is 1. The van der Waals surface area contributed by atoms with Crippen LogP contribution in [0.3, 0.4) is 0 Å². The molecule has 0 aromatic heterocycles. The summed E-state index contributed by atoms with van der Waals surface area (Å²) >= 11 is 6.07. The Morgan fingerprint density at radius 3 is 2.62 bits per heavy atom. The SMILES string of the molecule is O=C(OCc1ccccc1)N1Cc2c(ccc(F)c2F)C1c1cc(Cl)ccc1O. The van der Waals surface area contributed by atoms with E-state index >= 15 is 0 Å². The van der Waals surface area contributed by atoms with Gasteiger partial charge in [-0.3, -0.25) is 4.90 Å². The van der Waals surface area contributed by atoms with Crippen LogP contribution in [0.5, 0.6) is 5.75 Å². The third-order valence-corrected chi connectivity index (χ3v) is 5.13. The first kappa shape index (κ1) is 19.2. The molecule has 4 nitrogen and oxygen atoms in total. The minimum absolute atomic E-state index is 0.0254. The van der Waals surface area contributed by atoms with E-state index in [4.69, 9.17) is 16.3 Å². The maximum atomic E-state index is 14.4. The fraction of sp³-hybridized carbons (Fsp3) is 0.136. The van der Waals surface area contributed by atoms with Crippen molar-refractivity contribution in [2.24, 2.45) is 0 Å². The monoisotopic (exact) mass is 415 g/mol. The summed E-state index contributed by atoms with van der Waals surface area (Å²) in [5, 5.41) is 10.7. The van der Waals surface area contributed by atoms with Crippen molar-refractivity contribution in [2.75, 3.05) is 0 Å². The number of nitrogens with zero attached hydrogens (tertiary/aromatic N) is 1. The lowest BCUT2D eigenvalue weighted by molar-refractivity contribution is 0.0882. The molecule has 0 saturated heterocycles. The van der Waals surface area contributed by atoms with Gasteiger partial charge in [-0.25, -0.2) is 13.6 Å². The van der Waals surface area contributed by atoms with E-state index in [-0.39, 0.29) is 24.5 Å². The Morgan fingerprint density at radius 2 is 1.86 bits per heavy atom. The molecule has 1 unspecified atom stereocenters. The van der Waals surface area contributed by atoms with Crippen molar-refractivity contribution in [3.05, 3.63) is 99.6 Å². The number of phenols is 1. The standard InChI is InChI=1S/C22H16ClF2NO3/c23-14-6-9-19(27)16(10-14)21-15-7-8-18(24)20(25)17(15)11-26(21)22(28)29-12-13-4-2-1-3-5-13/h1-10,21,27H,11-12H2. The Labute approximate surface area is 170 Å². The number of carbonyl (C=O) groups excluding carboxylic acids is 1. The summed E-state index contributed by atoms with van der Waals surface area (Å²) in [7, 11) is 0. The van der Waals surface area contributed by atoms with Crippen LogP contribution in [0.2, 0.25) is 5.02 Å². The highest BCUT2D eigenvalue weighted by Gasteiger charge is 2.39. The summed E-state index contributed by atoms with van der Waals surface area (Å²) in [6.07, 6.45) is -0.714. The molecule has 0 spiro atoms. The molecule has 4 rings (SSSR count). The molecule has 148 valence electrons. The molecular weight excluding hydrogens is 400 g/mol. The molecule has 1 heterocycles. The van der Waals surface area contributed by atoms with Gasteiger partial charge in [0.1, 0.15) is 12.4 Å². The Morgan fingerprint density at radius 1 is 1.10 bits per heavy atom. The molecule has 0 saturated carbocycles. The number of carbonyl (C=O) groups is 1. The molecule has 0 fully saturated rings. The Bertz CT molecular complexity index is 1080. The van der Waals surface area contributed by atoms with Gasteiger partial charge in [0.25, 0.3) is 0 Å². The van der Waals surface area contributed by atoms with Crippen LogP contribution >= 0.6 is 11.6 Å². The molecule has 0 bridgehead atoms. The summed E-state index contributed by atoms with van der Waals surface area (Å²) < 4.78 is 33.6. The number of benzene rings is 3. The summed E-state index contributed by atoms with van der Waals surface area (Å²) in [4.78, 5) is 14.1. The van der Waals surface area contributed by atoms with E-state index in [9.17, 15) is 18.7 Å². The van der Waals surface area contributed by atoms with Crippen molar-refractivity contribution in [1.29, 1.82) is 0 Å². The number of hydrogen-bond acceptors (Lipinski definition) is 3. The smallest absolute Gasteiger partial charge is 0.411 e. The molecule has 1 atom stereocenters. The van der Waals surface area contributed by atoms with Gasteiger partial charge >= 0.3 is 6.09 Å². The number of aromatic hydroxyl groups is 1. The first-order valence-electron chi connectivity index (χ1n) is 8.88. The van der Waals surface area contributed by atoms with Crippen molar-refractivity contribution >= 4 is 17.7 Å². The average Bonchev–Trinajstić information content (AvgIpc) is 3.11. The first-order chi connectivity index (χ1) is 14.0. The van der Waals surface area contributed by atoms with Gasteiger partial charge in [0.15, 0.2) is 11.6 Å². The minimum Gasteiger partial charge on any atom is -0.508 e. The molecule has 1 aliphatic rings. The molecule has 7 heteroatoms. The van der Waals surface area contributed by atoms with E-state index in [0.717, 1.165) is 11.6 Å². The van der Waals surface area contributed by atoms with Crippen molar-refractivity contribution in [3.8, 4) is 5.75 Å². The zero-order valence-electron chi connectivity index (χ0n) is 15.1. The number of rotatable bonds is 3. The van der Waals surface area contributed by atoms with E-state index in [1.165, 1.54) is 29.2 Å². The molecule has 1 amide bonds. The third-order valence-electron chi connectivity index (χ3n) is 4.89. The lowest BCUT2D eigenvalue weighted by Crippen LogP contribution is -2.30. The maximum absolute atomic E-state index is 14.4. The molecule has 3 aromatic carbocycles. The highest BCUT2D eigenvalue weighted by molar-refractivity contribution is 6.30. The van der Waals surface area contributed by atoms with Crippen LogP contribution in [0.4, 0.5) is 13.6 Å². The summed E-state index contributed by atoms with van der Waals surface area (Å²) in [5.41, 5.74) is 1.51. The van der Waals surface area contributed by atoms with E-state index in [2.05, 4.69) is 0 Å². The largest absolute Gasteiger partial charge is 0.508 e. The van der Waals surface area contributed by atoms with Gasteiger partial charge in [-0.2, -0.15) is 0 Å². The number of phenolic OH excluding ortho intramolecular Hbond substituents is 1. The summed E-state index contributed by atoms with van der Waals surface area (Å²) in [5.74, 6) is -2.14. The van der Waals surface area contributed by atoms with Crippen LogP contribution < -0.4 is 0 Å². The van der Waals surface area contributed by atoms with Crippen LogP contribution in [0.1, 0.15) is 28.3 Å². The lowest BCUT2D eigenvalue weighted by Gasteiger charge is -2.25. The quantitative estimate of drug-likeness (QED) is 0.608. The summed E-state index contributed by atoms with van der Waals surface area (Å²) in [6.45, 7) is -0.166. The van der Waals surface area contributed by atoms with Crippen LogP contribution in [0, 0.1) is 11.6 Å². The van der Waals surface area contributed by atoms with Crippen LogP contribution in [0.15, 0.2) is 60.7 Å². The van der Waals surface area contributed by atoms with Crippen molar-refractivity contribution in [1.82, 2.24) is 4.90 Å². The van der Waals surface area contributed by atoms with Crippen LogP contribution in [0.25, 0.3) is 0 Å². The second-order valence-electron chi connectivity index (χ2n) is 6.70. The second-order valence-corrected chi connectivity index (χ2v) is 7.14. The molecule has 0 radical (unpaired) electrons. The zero-order chi connectivity index (χ0) is 20.5. The first-order valence-corrected chi connectivity index (χ1v) is 9.26. The lowest BCUT2D eigenvalue weighted by atomic mass is 9.97. The maximum Gasteiger partial charge on any atom is 0.411 e. The van der Waals surface area contributed by atoms with Crippen molar-refractivity contribution < 1.29 is 23.4 Å². The predicted octanol–water partition coefficient (Wildman–Crippen LogP) is 5.57. The van der Waals surface area contributed by atoms with Gasteiger partial charge in [0.05, 0.1) is 12.6 Å². The number of amides is 1. The highest BCUT2D eigenvalue weighted by Crippen LogP contribution is 2.44. The fourth-order valence-corrected chi connectivity index (χ4v) is 3.69. The molecular formula is C22H16ClF2NO3.